The molecule has 1 unspecified atom stereocenters. The third-order valence-corrected chi connectivity index (χ3v) is 2.29. The molecule has 0 heterocycles. The predicted octanol–water partition coefficient (Wildman–Crippen LogP) is 2.29. The van der Waals surface area contributed by atoms with Crippen LogP contribution in [-0.4, -0.2) is 16.9 Å². The van der Waals surface area contributed by atoms with E-state index in [1.807, 2.05) is 19.1 Å². The highest BCUT2D eigenvalue weighted by molar-refractivity contribution is 5.97. The SMILES string of the molecule is Cc1ccc(C(=O)CC(C)C(=O)O)cc1. The highest BCUT2D eigenvalue weighted by Crippen LogP contribution is 2.11. The van der Waals surface area contributed by atoms with E-state index in [-0.39, 0.29) is 12.2 Å². The van der Waals surface area contributed by atoms with Crippen LogP contribution in [0.2, 0.25) is 0 Å². The maximum Gasteiger partial charge on any atom is 0.306 e. The molecule has 3 heteroatoms. The van der Waals surface area contributed by atoms with E-state index in [0.717, 1.165) is 5.56 Å². The first-order valence-electron chi connectivity index (χ1n) is 4.83. The van der Waals surface area contributed by atoms with Gasteiger partial charge in [-0.25, -0.2) is 0 Å². The number of carbonyl (C=O) groups excluding carboxylic acids is 1. The van der Waals surface area contributed by atoms with E-state index in [1.165, 1.54) is 6.92 Å². The first-order valence-corrected chi connectivity index (χ1v) is 4.83. The van der Waals surface area contributed by atoms with Gasteiger partial charge < -0.3 is 5.11 Å². The number of carboxylic acid groups (broad SMARTS) is 1. The molecule has 0 saturated heterocycles. The summed E-state index contributed by atoms with van der Waals surface area (Å²) in [5, 5.41) is 8.67. The van der Waals surface area contributed by atoms with Gasteiger partial charge in [0.15, 0.2) is 5.78 Å². The van der Waals surface area contributed by atoms with Gasteiger partial charge in [-0.1, -0.05) is 36.8 Å². The maximum atomic E-state index is 11.6. The lowest BCUT2D eigenvalue weighted by molar-refractivity contribution is -0.141. The largest absolute Gasteiger partial charge is 0.481 e. The first-order chi connectivity index (χ1) is 7.00. The van der Waals surface area contributed by atoms with E-state index in [4.69, 9.17) is 5.11 Å². The minimum Gasteiger partial charge on any atom is -0.481 e. The Morgan fingerprint density at radius 3 is 2.27 bits per heavy atom. The summed E-state index contributed by atoms with van der Waals surface area (Å²) in [6, 6.07) is 7.15. The Balaban J connectivity index is 2.69. The topological polar surface area (TPSA) is 54.4 Å². The van der Waals surface area contributed by atoms with Crippen molar-refractivity contribution < 1.29 is 14.7 Å². The van der Waals surface area contributed by atoms with Crippen molar-refractivity contribution in [2.45, 2.75) is 20.3 Å². The molecule has 0 fully saturated rings. The zero-order valence-electron chi connectivity index (χ0n) is 8.86. The molecule has 1 rings (SSSR count). The van der Waals surface area contributed by atoms with Crippen molar-refractivity contribution in [1.82, 2.24) is 0 Å². The van der Waals surface area contributed by atoms with Crippen LogP contribution in [0, 0.1) is 12.8 Å². The summed E-state index contributed by atoms with van der Waals surface area (Å²) in [5.74, 6) is -1.68. The molecule has 0 aliphatic rings. The van der Waals surface area contributed by atoms with Crippen LogP contribution >= 0.6 is 0 Å². The van der Waals surface area contributed by atoms with Crippen LogP contribution in [0.4, 0.5) is 0 Å². The highest BCUT2D eigenvalue weighted by Gasteiger charge is 2.16. The van der Waals surface area contributed by atoms with Crippen molar-refractivity contribution in [3.63, 3.8) is 0 Å². The number of hydrogen-bond acceptors (Lipinski definition) is 2. The Morgan fingerprint density at radius 2 is 1.80 bits per heavy atom. The van der Waals surface area contributed by atoms with Gasteiger partial charge in [0.2, 0.25) is 0 Å². The Labute approximate surface area is 88.7 Å². The lowest BCUT2D eigenvalue weighted by Gasteiger charge is -2.05. The van der Waals surface area contributed by atoms with Gasteiger partial charge in [-0.15, -0.1) is 0 Å². The van der Waals surface area contributed by atoms with E-state index in [0.29, 0.717) is 5.56 Å². The minimum atomic E-state index is -0.935. The first kappa shape index (κ1) is 11.4. The van der Waals surface area contributed by atoms with Crippen LogP contribution in [0.3, 0.4) is 0 Å². The number of Topliss-reactive ketones (excluding diaryl/α,β-unsaturated/α-hetero) is 1. The average Bonchev–Trinajstić information content (AvgIpc) is 2.18. The summed E-state index contributed by atoms with van der Waals surface area (Å²) in [5.41, 5.74) is 1.66. The normalized spacial score (nSPS) is 12.1. The number of benzene rings is 1. The lowest BCUT2D eigenvalue weighted by Crippen LogP contribution is -2.14. The molecule has 0 aromatic heterocycles. The minimum absolute atomic E-state index is 0.0540. The molecular weight excluding hydrogens is 192 g/mol. The van der Waals surface area contributed by atoms with E-state index in [1.54, 1.807) is 12.1 Å². The summed E-state index contributed by atoms with van der Waals surface area (Å²) in [4.78, 5) is 22.2. The van der Waals surface area contributed by atoms with Crippen molar-refractivity contribution in [3.05, 3.63) is 35.4 Å². The quantitative estimate of drug-likeness (QED) is 0.769. The Morgan fingerprint density at radius 1 is 1.27 bits per heavy atom. The van der Waals surface area contributed by atoms with Crippen molar-refractivity contribution in [2.75, 3.05) is 0 Å². The Bertz CT molecular complexity index is 365. The zero-order chi connectivity index (χ0) is 11.4. The van der Waals surface area contributed by atoms with E-state index >= 15 is 0 Å². The number of aryl methyl sites for hydroxylation is 1. The molecule has 1 atom stereocenters. The van der Waals surface area contributed by atoms with Gasteiger partial charge in [-0.2, -0.15) is 0 Å². The van der Waals surface area contributed by atoms with Gasteiger partial charge in [0.25, 0.3) is 0 Å². The van der Waals surface area contributed by atoms with Crippen molar-refractivity contribution in [3.8, 4) is 0 Å². The molecule has 1 aromatic rings. The molecule has 0 bridgehead atoms. The second-order valence-electron chi connectivity index (χ2n) is 3.73. The van der Waals surface area contributed by atoms with Gasteiger partial charge in [0, 0.05) is 12.0 Å². The molecule has 80 valence electrons. The Kier molecular flexibility index (Phi) is 3.61. The molecule has 1 N–H and O–H groups in total. The van der Waals surface area contributed by atoms with Crippen LogP contribution < -0.4 is 0 Å². The Hall–Kier alpha value is -1.64. The fraction of sp³-hybridized carbons (Fsp3) is 0.333. The van der Waals surface area contributed by atoms with Gasteiger partial charge in [-0.05, 0) is 6.92 Å². The number of carboxylic acids is 1. The van der Waals surface area contributed by atoms with Gasteiger partial charge in [-0.3, -0.25) is 9.59 Å². The molecule has 0 aliphatic carbocycles. The van der Waals surface area contributed by atoms with Crippen LogP contribution in [0.5, 0.6) is 0 Å². The van der Waals surface area contributed by atoms with Gasteiger partial charge >= 0.3 is 5.97 Å². The van der Waals surface area contributed by atoms with Crippen molar-refractivity contribution >= 4 is 11.8 Å². The summed E-state index contributed by atoms with van der Waals surface area (Å²) in [6.45, 7) is 3.47. The van der Waals surface area contributed by atoms with Gasteiger partial charge in [0.05, 0.1) is 5.92 Å². The summed E-state index contributed by atoms with van der Waals surface area (Å²) in [6.07, 6.45) is 0.0540. The van der Waals surface area contributed by atoms with Gasteiger partial charge in [0.1, 0.15) is 0 Å². The molecule has 0 amide bonds. The van der Waals surface area contributed by atoms with Crippen molar-refractivity contribution in [2.24, 2.45) is 5.92 Å². The predicted molar refractivity (Wildman–Crippen MR) is 56.9 cm³/mol. The number of aliphatic carboxylic acids is 1. The average molecular weight is 206 g/mol. The van der Waals surface area contributed by atoms with E-state index in [9.17, 15) is 9.59 Å². The molecular formula is C12H14O3. The maximum absolute atomic E-state index is 11.6. The van der Waals surface area contributed by atoms with Crippen LogP contribution in [0.25, 0.3) is 0 Å². The monoisotopic (exact) mass is 206 g/mol. The van der Waals surface area contributed by atoms with E-state index < -0.39 is 11.9 Å². The van der Waals surface area contributed by atoms with Crippen LogP contribution in [-0.2, 0) is 4.79 Å². The van der Waals surface area contributed by atoms with E-state index in [2.05, 4.69) is 0 Å². The zero-order valence-corrected chi connectivity index (χ0v) is 8.86. The molecule has 0 spiro atoms. The molecule has 3 nitrogen and oxygen atoms in total. The fourth-order valence-electron chi connectivity index (χ4n) is 1.22. The standard InChI is InChI=1S/C12H14O3/c1-8-3-5-10(6-4-8)11(13)7-9(2)12(14)15/h3-6,9H,7H2,1-2H3,(H,14,15). The molecule has 1 aromatic carbocycles. The van der Waals surface area contributed by atoms with Crippen LogP contribution in [0.15, 0.2) is 24.3 Å². The van der Waals surface area contributed by atoms with Crippen molar-refractivity contribution in [1.29, 1.82) is 0 Å². The number of carbonyl (C=O) groups is 2. The number of ketones is 1. The van der Waals surface area contributed by atoms with Crippen LogP contribution in [0.1, 0.15) is 29.3 Å². The summed E-state index contributed by atoms with van der Waals surface area (Å²) < 4.78 is 0. The summed E-state index contributed by atoms with van der Waals surface area (Å²) >= 11 is 0. The third kappa shape index (κ3) is 3.20. The second kappa shape index (κ2) is 4.73. The number of rotatable bonds is 4. The second-order valence-corrected chi connectivity index (χ2v) is 3.73. The molecule has 0 saturated carbocycles. The lowest BCUT2D eigenvalue weighted by atomic mass is 9.99. The fourth-order valence-corrected chi connectivity index (χ4v) is 1.22. The molecule has 0 aliphatic heterocycles. The molecule has 0 radical (unpaired) electrons. The smallest absolute Gasteiger partial charge is 0.306 e. The summed E-state index contributed by atoms with van der Waals surface area (Å²) in [7, 11) is 0. The molecule has 15 heavy (non-hydrogen) atoms. The number of hydrogen-bond donors (Lipinski definition) is 1. The highest BCUT2D eigenvalue weighted by atomic mass is 16.4. The third-order valence-electron chi connectivity index (χ3n) is 2.29.